The van der Waals surface area contributed by atoms with Crippen LogP contribution in [-0.2, 0) is 17.9 Å². The molecule has 0 aliphatic heterocycles. The van der Waals surface area contributed by atoms with E-state index in [1.807, 2.05) is 20.8 Å². The van der Waals surface area contributed by atoms with Crippen LogP contribution in [0.5, 0.6) is 0 Å². The molecule has 24 heavy (non-hydrogen) atoms. The fourth-order valence-electron chi connectivity index (χ4n) is 2.36. The Morgan fingerprint density at radius 3 is 2.46 bits per heavy atom. The summed E-state index contributed by atoms with van der Waals surface area (Å²) in [5.74, 6) is 0. The zero-order valence-electron chi connectivity index (χ0n) is 15.4. The molecule has 5 heteroatoms. The van der Waals surface area contributed by atoms with Gasteiger partial charge in [0.2, 0.25) is 0 Å². The van der Waals surface area contributed by atoms with Crippen LogP contribution in [0.2, 0.25) is 0 Å². The first-order valence-electron chi connectivity index (χ1n) is 8.19. The Hall–Kier alpha value is -0.850. The summed E-state index contributed by atoms with van der Waals surface area (Å²) in [4.78, 5) is 4.66. The fraction of sp³-hybridized carbons (Fsp3) is 0.474. The minimum Gasteiger partial charge on any atom is -0.598 e. The van der Waals surface area contributed by atoms with Crippen molar-refractivity contribution in [3.05, 3.63) is 46.8 Å². The van der Waals surface area contributed by atoms with Gasteiger partial charge in [0.15, 0.2) is 0 Å². The second-order valence-electron chi connectivity index (χ2n) is 7.32. The van der Waals surface area contributed by atoms with Crippen molar-refractivity contribution >= 4 is 22.7 Å². The summed E-state index contributed by atoms with van der Waals surface area (Å²) in [5, 5.41) is 0. The molecule has 1 N–H and O–H groups in total. The molecule has 132 valence electrons. The second-order valence-corrected chi connectivity index (χ2v) is 10.4. The molecule has 1 heterocycles. The van der Waals surface area contributed by atoms with Gasteiger partial charge >= 0.3 is 0 Å². The lowest BCUT2D eigenvalue weighted by Gasteiger charge is -2.26. The first kappa shape index (κ1) is 19.5. The summed E-state index contributed by atoms with van der Waals surface area (Å²) in [5.41, 5.74) is 2.61. The highest BCUT2D eigenvalue weighted by Gasteiger charge is 2.28. The molecule has 2 aromatic rings. The molecule has 0 amide bonds. The van der Waals surface area contributed by atoms with Gasteiger partial charge in [-0.15, -0.1) is 16.1 Å². The van der Waals surface area contributed by atoms with Crippen LogP contribution in [-0.4, -0.2) is 28.3 Å². The molecule has 1 aromatic carbocycles. The molecule has 0 aliphatic carbocycles. The molecule has 2 atom stereocenters. The first-order chi connectivity index (χ1) is 11.2. The summed E-state index contributed by atoms with van der Waals surface area (Å²) < 4.78 is 15.3. The maximum atomic E-state index is 12.3. The van der Waals surface area contributed by atoms with Gasteiger partial charge in [-0.1, -0.05) is 24.3 Å². The molecule has 0 saturated heterocycles. The van der Waals surface area contributed by atoms with Gasteiger partial charge in [-0.2, -0.15) is 0 Å². The Morgan fingerprint density at radius 2 is 1.83 bits per heavy atom. The van der Waals surface area contributed by atoms with Crippen LogP contribution < -0.4 is 4.72 Å². The molecule has 2 rings (SSSR count). The van der Waals surface area contributed by atoms with E-state index in [2.05, 4.69) is 67.0 Å². The van der Waals surface area contributed by atoms with E-state index in [0.717, 1.165) is 6.54 Å². The van der Waals surface area contributed by atoms with Gasteiger partial charge < -0.3 is 9.45 Å². The van der Waals surface area contributed by atoms with Crippen LogP contribution in [0.25, 0.3) is 10.4 Å². The number of hydrogen-bond acceptors (Lipinski definition) is 4. The Balaban J connectivity index is 2.19. The number of thiophene rings is 1. The van der Waals surface area contributed by atoms with Crippen molar-refractivity contribution in [1.29, 1.82) is 0 Å². The minimum absolute atomic E-state index is 0.0739. The SMILES string of the molecule is C[C@@H](N[S@+]([O-])C(C)(C)C)c1ccc(-c2ccccc2CN(C)C)s1. The lowest BCUT2D eigenvalue weighted by Crippen LogP contribution is -2.40. The molecule has 0 spiro atoms. The summed E-state index contributed by atoms with van der Waals surface area (Å²) in [6.07, 6.45) is 0. The lowest BCUT2D eigenvalue weighted by molar-refractivity contribution is 0.403. The number of benzene rings is 1. The smallest absolute Gasteiger partial charge is 0.136 e. The zero-order valence-corrected chi connectivity index (χ0v) is 17.1. The van der Waals surface area contributed by atoms with Crippen molar-refractivity contribution in [1.82, 2.24) is 9.62 Å². The predicted octanol–water partition coefficient (Wildman–Crippen LogP) is 4.59. The number of rotatable bonds is 6. The number of hydrogen-bond donors (Lipinski definition) is 1. The summed E-state index contributed by atoms with van der Waals surface area (Å²) in [6, 6.07) is 12.9. The van der Waals surface area contributed by atoms with Crippen LogP contribution in [0.1, 0.15) is 44.2 Å². The largest absolute Gasteiger partial charge is 0.598 e. The molecular formula is C19H28N2OS2. The molecule has 0 bridgehead atoms. The van der Waals surface area contributed by atoms with Crippen molar-refractivity contribution in [3.63, 3.8) is 0 Å². The first-order valence-corrected chi connectivity index (χ1v) is 10.2. The van der Waals surface area contributed by atoms with Gasteiger partial charge in [-0.3, -0.25) is 0 Å². The fourth-order valence-corrected chi connectivity index (χ4v) is 4.31. The minimum atomic E-state index is -1.07. The summed E-state index contributed by atoms with van der Waals surface area (Å²) in [6.45, 7) is 8.96. The van der Waals surface area contributed by atoms with E-state index in [-0.39, 0.29) is 10.8 Å². The van der Waals surface area contributed by atoms with Crippen LogP contribution >= 0.6 is 11.3 Å². The Bertz CT molecular complexity index is 661. The van der Waals surface area contributed by atoms with Gasteiger partial charge in [0.25, 0.3) is 0 Å². The van der Waals surface area contributed by atoms with Crippen molar-refractivity contribution in [2.45, 2.75) is 45.0 Å². The highest BCUT2D eigenvalue weighted by atomic mass is 32.2. The lowest BCUT2D eigenvalue weighted by atomic mass is 10.1. The van der Waals surface area contributed by atoms with Crippen molar-refractivity contribution < 1.29 is 4.55 Å². The number of nitrogens with zero attached hydrogens (tertiary/aromatic N) is 1. The van der Waals surface area contributed by atoms with E-state index in [1.54, 1.807) is 11.3 Å². The Kier molecular flexibility index (Phi) is 6.51. The van der Waals surface area contributed by atoms with E-state index < -0.39 is 11.4 Å². The molecule has 0 aliphatic rings. The Labute approximate surface area is 153 Å². The third kappa shape index (κ3) is 5.07. The Morgan fingerprint density at radius 1 is 1.17 bits per heavy atom. The van der Waals surface area contributed by atoms with Gasteiger partial charge in [0.1, 0.15) is 4.75 Å². The van der Waals surface area contributed by atoms with Crippen LogP contribution in [0.3, 0.4) is 0 Å². The molecular weight excluding hydrogens is 336 g/mol. The standard InChI is InChI=1S/C19H28N2OS2/c1-14(20-24(22)19(2,3)4)17-11-12-18(23-17)16-10-8-7-9-15(16)13-21(5)6/h7-12,14,20H,13H2,1-6H3/t14-,24-/m1/s1. The van der Waals surface area contributed by atoms with E-state index in [9.17, 15) is 4.55 Å². The molecule has 0 unspecified atom stereocenters. The average Bonchev–Trinajstić information content (AvgIpc) is 2.96. The van der Waals surface area contributed by atoms with Crippen molar-refractivity contribution in [2.75, 3.05) is 14.1 Å². The third-order valence-electron chi connectivity index (χ3n) is 3.66. The maximum absolute atomic E-state index is 12.3. The molecule has 1 aromatic heterocycles. The highest BCUT2D eigenvalue weighted by Crippen LogP contribution is 2.34. The van der Waals surface area contributed by atoms with Crippen LogP contribution in [0.4, 0.5) is 0 Å². The van der Waals surface area contributed by atoms with Crippen molar-refractivity contribution in [2.24, 2.45) is 0 Å². The van der Waals surface area contributed by atoms with Gasteiger partial charge in [0, 0.05) is 27.7 Å². The monoisotopic (exact) mass is 364 g/mol. The molecule has 0 saturated carbocycles. The highest BCUT2D eigenvalue weighted by molar-refractivity contribution is 7.90. The second kappa shape index (κ2) is 8.02. The van der Waals surface area contributed by atoms with E-state index in [0.29, 0.717) is 0 Å². The maximum Gasteiger partial charge on any atom is 0.136 e. The van der Waals surface area contributed by atoms with Crippen LogP contribution in [0.15, 0.2) is 36.4 Å². The zero-order chi connectivity index (χ0) is 17.9. The predicted molar refractivity (Wildman–Crippen MR) is 107 cm³/mol. The molecule has 3 nitrogen and oxygen atoms in total. The van der Waals surface area contributed by atoms with E-state index >= 15 is 0 Å². The van der Waals surface area contributed by atoms with Crippen LogP contribution in [0, 0.1) is 0 Å². The topological polar surface area (TPSA) is 38.3 Å². The van der Waals surface area contributed by atoms with Gasteiger partial charge in [-0.05, 0) is 65.0 Å². The third-order valence-corrected chi connectivity index (χ3v) is 6.64. The normalized spacial score (nSPS) is 14.8. The average molecular weight is 365 g/mol. The molecule has 0 fully saturated rings. The van der Waals surface area contributed by atoms with Gasteiger partial charge in [-0.25, -0.2) is 0 Å². The van der Waals surface area contributed by atoms with E-state index in [1.165, 1.54) is 20.9 Å². The summed E-state index contributed by atoms with van der Waals surface area (Å²) >= 11 is 0.707. The quantitative estimate of drug-likeness (QED) is 0.762. The number of nitrogens with one attached hydrogen (secondary N) is 1. The molecule has 0 radical (unpaired) electrons. The summed E-state index contributed by atoms with van der Waals surface area (Å²) in [7, 11) is 4.18. The van der Waals surface area contributed by atoms with Crippen molar-refractivity contribution in [3.8, 4) is 10.4 Å². The van der Waals surface area contributed by atoms with Gasteiger partial charge in [0.05, 0.1) is 6.04 Å². The van der Waals surface area contributed by atoms with E-state index in [4.69, 9.17) is 0 Å².